The fourth-order valence-electron chi connectivity index (χ4n) is 2.84. The molecule has 0 saturated heterocycles. The van der Waals surface area contributed by atoms with Crippen molar-refractivity contribution in [3.8, 4) is 11.4 Å². The van der Waals surface area contributed by atoms with Crippen molar-refractivity contribution in [1.29, 1.82) is 0 Å². The quantitative estimate of drug-likeness (QED) is 0.652. The largest absolute Gasteiger partial charge is 0.325 e. The van der Waals surface area contributed by atoms with Crippen molar-refractivity contribution in [3.63, 3.8) is 0 Å². The van der Waals surface area contributed by atoms with E-state index in [1.807, 2.05) is 51.1 Å². The van der Waals surface area contributed by atoms with E-state index in [1.54, 1.807) is 0 Å². The predicted molar refractivity (Wildman–Crippen MR) is 106 cm³/mol. The van der Waals surface area contributed by atoms with Crippen molar-refractivity contribution < 1.29 is 4.79 Å². The lowest BCUT2D eigenvalue weighted by Gasteiger charge is -2.15. The molecule has 5 nitrogen and oxygen atoms in total. The number of rotatable bonds is 5. The number of aromatic nitrogens is 3. The van der Waals surface area contributed by atoms with Crippen LogP contribution >= 0.6 is 11.8 Å². The van der Waals surface area contributed by atoms with Crippen LogP contribution in [0.15, 0.2) is 47.6 Å². The fraction of sp³-hybridized carbons (Fsp3) is 0.250. The highest BCUT2D eigenvalue weighted by Gasteiger charge is 2.19. The van der Waals surface area contributed by atoms with Gasteiger partial charge in [-0.2, -0.15) is 0 Å². The number of benzene rings is 2. The fourth-order valence-corrected chi connectivity index (χ4v) is 3.56. The van der Waals surface area contributed by atoms with Crippen LogP contribution in [0.2, 0.25) is 0 Å². The zero-order chi connectivity index (χ0) is 18.7. The lowest BCUT2D eigenvalue weighted by atomic mass is 10.1. The lowest BCUT2D eigenvalue weighted by Crippen LogP contribution is -2.23. The molecule has 0 bridgehead atoms. The van der Waals surface area contributed by atoms with Gasteiger partial charge >= 0.3 is 0 Å². The van der Waals surface area contributed by atoms with Gasteiger partial charge in [0.25, 0.3) is 0 Å². The molecule has 0 spiro atoms. The van der Waals surface area contributed by atoms with E-state index in [-0.39, 0.29) is 11.2 Å². The number of hydrogen-bond acceptors (Lipinski definition) is 4. The van der Waals surface area contributed by atoms with E-state index in [4.69, 9.17) is 0 Å². The maximum atomic E-state index is 12.6. The average Bonchev–Trinajstić information content (AvgIpc) is 3.07. The van der Waals surface area contributed by atoms with Gasteiger partial charge in [-0.1, -0.05) is 59.8 Å². The first kappa shape index (κ1) is 18.2. The van der Waals surface area contributed by atoms with E-state index < -0.39 is 0 Å². The summed E-state index contributed by atoms with van der Waals surface area (Å²) in [6.07, 6.45) is 0. The first-order valence-electron chi connectivity index (χ1n) is 8.47. The molecule has 1 heterocycles. The van der Waals surface area contributed by atoms with E-state index >= 15 is 0 Å². The second kappa shape index (κ2) is 7.74. The Labute approximate surface area is 157 Å². The van der Waals surface area contributed by atoms with E-state index in [0.717, 1.165) is 22.4 Å². The molecule has 2 N–H and O–H groups in total. The first-order chi connectivity index (χ1) is 12.4. The molecule has 26 heavy (non-hydrogen) atoms. The standard InChI is InChI=1S/C20H22N4OS/c1-12-10-13(2)17(14(3)11-12)21-19(25)15(4)26-20-22-18(23-24-20)16-8-6-5-7-9-16/h5-11,15H,1-4H3,(H,21,25)(H,22,23,24)/t15-/m0/s1. The number of carbonyl (C=O) groups excluding carboxylic acids is 1. The minimum atomic E-state index is -0.311. The number of thioether (sulfide) groups is 1. The Hall–Kier alpha value is -2.60. The Bertz CT molecular complexity index is 898. The Kier molecular flexibility index (Phi) is 5.42. The molecule has 3 rings (SSSR count). The van der Waals surface area contributed by atoms with Crippen molar-refractivity contribution in [2.24, 2.45) is 0 Å². The summed E-state index contributed by atoms with van der Waals surface area (Å²) in [6.45, 7) is 7.93. The third kappa shape index (κ3) is 4.14. The molecule has 0 radical (unpaired) electrons. The Morgan fingerprint density at radius 3 is 2.42 bits per heavy atom. The van der Waals surface area contributed by atoms with Crippen LogP contribution in [0.3, 0.4) is 0 Å². The molecule has 134 valence electrons. The third-order valence-corrected chi connectivity index (χ3v) is 5.05. The predicted octanol–water partition coefficient (Wildman–Crippen LogP) is 4.52. The lowest BCUT2D eigenvalue weighted by molar-refractivity contribution is -0.115. The first-order valence-corrected chi connectivity index (χ1v) is 9.35. The summed E-state index contributed by atoms with van der Waals surface area (Å²) < 4.78 is 0. The van der Waals surface area contributed by atoms with Gasteiger partial charge in [0.15, 0.2) is 5.82 Å². The number of aromatic amines is 1. The summed E-state index contributed by atoms with van der Waals surface area (Å²) >= 11 is 1.34. The number of nitrogens with zero attached hydrogens (tertiary/aromatic N) is 2. The maximum Gasteiger partial charge on any atom is 0.237 e. The van der Waals surface area contributed by atoms with Gasteiger partial charge in [-0.05, 0) is 38.8 Å². The van der Waals surface area contributed by atoms with E-state index in [1.165, 1.54) is 17.3 Å². The highest BCUT2D eigenvalue weighted by Crippen LogP contribution is 2.26. The van der Waals surface area contributed by atoms with Crippen LogP contribution in [0.4, 0.5) is 5.69 Å². The van der Waals surface area contributed by atoms with Crippen molar-refractivity contribution in [3.05, 3.63) is 59.2 Å². The molecular formula is C20H22N4OS. The van der Waals surface area contributed by atoms with Crippen LogP contribution in [0.1, 0.15) is 23.6 Å². The van der Waals surface area contributed by atoms with E-state index in [9.17, 15) is 4.79 Å². The number of anilines is 1. The summed E-state index contributed by atoms with van der Waals surface area (Å²) in [5, 5.41) is 10.4. The summed E-state index contributed by atoms with van der Waals surface area (Å²) in [5.74, 6) is 0.641. The van der Waals surface area contributed by atoms with Crippen molar-refractivity contribution in [2.45, 2.75) is 38.1 Å². The van der Waals surface area contributed by atoms with Gasteiger partial charge < -0.3 is 5.32 Å². The van der Waals surface area contributed by atoms with Gasteiger partial charge in [0.2, 0.25) is 11.1 Å². The van der Waals surface area contributed by atoms with Gasteiger partial charge in [-0.15, -0.1) is 5.10 Å². The third-order valence-electron chi connectivity index (χ3n) is 4.09. The normalized spacial score (nSPS) is 12.0. The van der Waals surface area contributed by atoms with Crippen LogP contribution < -0.4 is 5.32 Å². The van der Waals surface area contributed by atoms with Crippen LogP contribution in [0, 0.1) is 20.8 Å². The molecular weight excluding hydrogens is 344 g/mol. The molecule has 6 heteroatoms. The van der Waals surface area contributed by atoms with Gasteiger partial charge in [0.05, 0.1) is 5.25 Å². The molecule has 0 fully saturated rings. The smallest absolute Gasteiger partial charge is 0.237 e. The zero-order valence-corrected chi connectivity index (χ0v) is 16.1. The highest BCUT2D eigenvalue weighted by molar-refractivity contribution is 8.00. The van der Waals surface area contributed by atoms with Crippen LogP contribution in [0.25, 0.3) is 11.4 Å². The van der Waals surface area contributed by atoms with Gasteiger partial charge in [0.1, 0.15) is 0 Å². The van der Waals surface area contributed by atoms with E-state index in [2.05, 4.69) is 39.6 Å². The molecule has 1 atom stereocenters. The molecule has 3 aromatic rings. The van der Waals surface area contributed by atoms with Gasteiger partial charge in [0, 0.05) is 11.3 Å². The Balaban J connectivity index is 1.68. The molecule has 0 aliphatic heterocycles. The maximum absolute atomic E-state index is 12.6. The molecule has 0 saturated carbocycles. The van der Waals surface area contributed by atoms with Gasteiger partial charge in [-0.25, -0.2) is 4.98 Å². The average molecular weight is 366 g/mol. The zero-order valence-electron chi connectivity index (χ0n) is 15.3. The number of H-pyrrole nitrogens is 1. The molecule has 1 aromatic heterocycles. The summed E-state index contributed by atoms with van der Waals surface area (Å²) in [4.78, 5) is 17.1. The monoisotopic (exact) mass is 366 g/mol. The number of hydrogen-bond donors (Lipinski definition) is 2. The van der Waals surface area contributed by atoms with E-state index in [0.29, 0.717) is 11.0 Å². The Morgan fingerprint density at radius 2 is 1.77 bits per heavy atom. The second-order valence-corrected chi connectivity index (χ2v) is 7.66. The SMILES string of the molecule is Cc1cc(C)c(NC(=O)[C@H](C)Sc2n[nH]c(-c3ccccc3)n2)c(C)c1. The number of amides is 1. The number of nitrogens with one attached hydrogen (secondary N) is 2. The molecule has 0 aliphatic carbocycles. The topological polar surface area (TPSA) is 70.7 Å². The van der Waals surface area contributed by atoms with Crippen LogP contribution in [-0.4, -0.2) is 26.3 Å². The molecule has 0 unspecified atom stereocenters. The van der Waals surface area contributed by atoms with Crippen LogP contribution in [-0.2, 0) is 4.79 Å². The summed E-state index contributed by atoms with van der Waals surface area (Å²) in [5.41, 5.74) is 5.17. The summed E-state index contributed by atoms with van der Waals surface area (Å²) in [7, 11) is 0. The van der Waals surface area contributed by atoms with Crippen molar-refractivity contribution in [2.75, 3.05) is 5.32 Å². The van der Waals surface area contributed by atoms with Crippen molar-refractivity contribution >= 4 is 23.4 Å². The highest BCUT2D eigenvalue weighted by atomic mass is 32.2. The summed E-state index contributed by atoms with van der Waals surface area (Å²) in [6, 6.07) is 13.9. The molecule has 2 aromatic carbocycles. The Morgan fingerprint density at radius 1 is 1.12 bits per heavy atom. The number of carbonyl (C=O) groups is 1. The second-order valence-electron chi connectivity index (χ2n) is 6.36. The van der Waals surface area contributed by atoms with Gasteiger partial charge in [-0.3, -0.25) is 9.89 Å². The molecule has 0 aliphatic rings. The van der Waals surface area contributed by atoms with Crippen molar-refractivity contribution in [1.82, 2.24) is 15.2 Å². The van der Waals surface area contributed by atoms with Crippen LogP contribution in [0.5, 0.6) is 0 Å². The minimum absolute atomic E-state index is 0.0592. The minimum Gasteiger partial charge on any atom is -0.325 e. The molecule has 1 amide bonds. The number of aryl methyl sites for hydroxylation is 3.